The highest BCUT2D eigenvalue weighted by Gasteiger charge is 2.29. The number of H-pyrrole nitrogens is 2. The molecule has 0 saturated carbocycles. The number of benzene rings is 2. The van der Waals surface area contributed by atoms with Gasteiger partial charge in [0.15, 0.2) is 16.7 Å². The van der Waals surface area contributed by atoms with Crippen LogP contribution in [0.25, 0.3) is 67.5 Å². The van der Waals surface area contributed by atoms with E-state index in [1.165, 1.54) is 44.3 Å². The third-order valence-corrected chi connectivity index (χ3v) is 11.4. The van der Waals surface area contributed by atoms with E-state index < -0.39 is 13.1 Å². The topological polar surface area (TPSA) is 191 Å². The highest BCUT2D eigenvalue weighted by atomic mass is 35.5. The lowest BCUT2D eigenvalue weighted by Gasteiger charge is -2.38. The highest BCUT2D eigenvalue weighted by molar-refractivity contribution is 6.33. The third-order valence-electron chi connectivity index (χ3n) is 11.1. The molecule has 18 nitrogen and oxygen atoms in total. The normalized spacial score (nSPS) is 13.0. The number of aromatic nitrogens is 13. The largest absolute Gasteiger partial charge is 0.496 e. The molecule has 0 radical (unpaired) electrons. The lowest BCUT2D eigenvalue weighted by atomic mass is 9.95. The van der Waals surface area contributed by atoms with E-state index in [9.17, 15) is 27.2 Å². The van der Waals surface area contributed by atoms with Crippen LogP contribution in [0.4, 0.5) is 17.6 Å². The van der Waals surface area contributed by atoms with Gasteiger partial charge in [-0.25, -0.2) is 14.3 Å². The number of fused-ring (bicyclic) bond motifs is 6. The van der Waals surface area contributed by atoms with Crippen LogP contribution in [-0.2, 0) is 13.1 Å². The molecular weight excluding hydrogens is 874 g/mol. The van der Waals surface area contributed by atoms with Gasteiger partial charge in [0.25, 0.3) is 0 Å². The summed E-state index contributed by atoms with van der Waals surface area (Å²) in [5, 5.41) is 32.4. The first-order valence-corrected chi connectivity index (χ1v) is 20.4. The molecule has 65 heavy (non-hydrogen) atoms. The molecule has 0 spiro atoms. The molecule has 0 saturated heterocycles. The van der Waals surface area contributed by atoms with Crippen molar-refractivity contribution < 1.29 is 22.3 Å². The fourth-order valence-electron chi connectivity index (χ4n) is 7.96. The van der Waals surface area contributed by atoms with Crippen molar-refractivity contribution in [1.29, 1.82) is 0 Å². The second-order valence-electron chi connectivity index (χ2n) is 15.7. The van der Waals surface area contributed by atoms with Crippen LogP contribution in [0.3, 0.4) is 0 Å². The summed E-state index contributed by atoms with van der Waals surface area (Å²) < 4.78 is 62.6. The number of nitrogens with zero attached hydrogens (tertiary/aromatic N) is 13. The lowest BCUT2D eigenvalue weighted by molar-refractivity contribution is 0.0562. The molecule has 8 aromatic rings. The van der Waals surface area contributed by atoms with Gasteiger partial charge >= 0.3 is 13.1 Å². The third kappa shape index (κ3) is 7.78. The van der Waals surface area contributed by atoms with Gasteiger partial charge in [-0.1, -0.05) is 11.6 Å². The molecule has 10 rings (SSSR count). The van der Waals surface area contributed by atoms with E-state index in [1.807, 2.05) is 55.2 Å². The molecule has 2 aromatic carbocycles. The minimum Gasteiger partial charge on any atom is -0.496 e. The molecule has 2 aliphatic heterocycles. The van der Waals surface area contributed by atoms with Crippen molar-refractivity contribution in [2.45, 2.75) is 66.0 Å². The Kier molecular flexibility index (Phi) is 11.0. The van der Waals surface area contributed by atoms with Crippen LogP contribution >= 0.6 is 11.6 Å². The minimum atomic E-state index is -2.73. The summed E-state index contributed by atoms with van der Waals surface area (Å²) in [5.41, 5.74) is 7.37. The van der Waals surface area contributed by atoms with Gasteiger partial charge in [-0.05, 0) is 68.3 Å². The van der Waals surface area contributed by atoms with Crippen LogP contribution < -0.4 is 25.6 Å². The number of aromatic amines is 2. The lowest BCUT2D eigenvalue weighted by Crippen LogP contribution is -2.43. The zero-order valence-corrected chi connectivity index (χ0v) is 35.9. The summed E-state index contributed by atoms with van der Waals surface area (Å²) in [4.78, 5) is 29.9. The molecule has 0 unspecified atom stereocenters. The number of alkyl halides is 4. The molecule has 0 aliphatic carbocycles. The number of nitrogens with one attached hydrogen (secondary N) is 2. The predicted octanol–water partition coefficient (Wildman–Crippen LogP) is 6.90. The Morgan fingerprint density at radius 1 is 0.692 bits per heavy atom. The second-order valence-corrected chi connectivity index (χ2v) is 16.1. The van der Waals surface area contributed by atoms with E-state index in [0.717, 1.165) is 22.3 Å². The Balaban J connectivity index is 0.000000164. The summed E-state index contributed by atoms with van der Waals surface area (Å²) in [6.45, 7) is 3.77. The van der Waals surface area contributed by atoms with Crippen LogP contribution in [0, 0.1) is 0 Å². The Morgan fingerprint density at radius 3 is 1.75 bits per heavy atom. The van der Waals surface area contributed by atoms with Gasteiger partial charge in [0.05, 0.1) is 55.1 Å². The van der Waals surface area contributed by atoms with Gasteiger partial charge in [-0.3, -0.25) is 24.0 Å². The number of tetrazole rings is 1. The van der Waals surface area contributed by atoms with Crippen molar-refractivity contribution in [3.8, 4) is 73.3 Å². The zero-order chi connectivity index (χ0) is 45.8. The van der Waals surface area contributed by atoms with Crippen molar-refractivity contribution in [3.63, 3.8) is 0 Å². The Hall–Kier alpha value is -7.62. The fourth-order valence-corrected chi connectivity index (χ4v) is 8.23. The van der Waals surface area contributed by atoms with Crippen molar-refractivity contribution in [3.05, 3.63) is 117 Å². The van der Waals surface area contributed by atoms with Crippen molar-refractivity contribution in [1.82, 2.24) is 64.7 Å². The molecule has 23 heteroatoms. The number of pyridine rings is 2. The molecule has 6 aromatic heterocycles. The molecular formula is C42H38ClF4N15O3. The maximum Gasteiger partial charge on any atom is 0.333 e. The summed E-state index contributed by atoms with van der Waals surface area (Å²) in [5.74, 6) is 1.10. The fraction of sp³-hybridized carbons (Fsp3) is 0.262. The number of halogens is 5. The van der Waals surface area contributed by atoms with Crippen molar-refractivity contribution >= 4 is 11.6 Å². The monoisotopic (exact) mass is 911 g/mol. The van der Waals surface area contributed by atoms with Crippen LogP contribution in [-0.4, -0.2) is 83.9 Å². The molecule has 334 valence electrons. The predicted molar refractivity (Wildman–Crippen MR) is 231 cm³/mol. The SMILES string of the molecule is CC(C)N1Cc2cc(-c3cnn(C(F)F)c3)c(Cl)cc2-c2cc(=O)c(-c3ncn[nH]3)cn21.COc1cc2c(cc1-c1cnn(C(F)F)c1)CN(C(C)C)n1cc(-c3nn[nH]n3)c(=O)cc1-2. The van der Waals surface area contributed by atoms with Gasteiger partial charge in [-0.15, -0.1) is 10.2 Å². The van der Waals surface area contributed by atoms with E-state index >= 15 is 0 Å². The van der Waals surface area contributed by atoms with E-state index in [1.54, 1.807) is 24.5 Å². The second kappa shape index (κ2) is 16.8. The first-order valence-electron chi connectivity index (χ1n) is 20.1. The van der Waals surface area contributed by atoms with E-state index in [-0.39, 0.29) is 28.8 Å². The van der Waals surface area contributed by atoms with Crippen LogP contribution in [0.2, 0.25) is 5.02 Å². The molecule has 0 amide bonds. The van der Waals surface area contributed by atoms with Crippen LogP contribution in [0.15, 0.2) is 89.5 Å². The number of methoxy groups -OCH3 is 1. The Bertz CT molecular complexity index is 3160. The molecule has 8 heterocycles. The van der Waals surface area contributed by atoms with Gasteiger partial charge in [0, 0.05) is 87.4 Å². The average Bonchev–Trinajstić information content (AvgIpc) is 4.14. The maximum atomic E-state index is 13.0. The van der Waals surface area contributed by atoms with Gasteiger partial charge in [0.2, 0.25) is 5.82 Å². The zero-order valence-electron chi connectivity index (χ0n) is 35.2. The van der Waals surface area contributed by atoms with Gasteiger partial charge < -0.3 is 14.8 Å². The molecule has 2 N–H and O–H groups in total. The number of rotatable bonds is 9. The molecule has 2 aliphatic rings. The van der Waals surface area contributed by atoms with Gasteiger partial charge in [0.1, 0.15) is 12.1 Å². The molecule has 0 atom stereocenters. The van der Waals surface area contributed by atoms with E-state index in [2.05, 4.69) is 56.0 Å². The average molecular weight is 912 g/mol. The van der Waals surface area contributed by atoms with Crippen molar-refractivity contribution in [2.75, 3.05) is 17.1 Å². The van der Waals surface area contributed by atoms with Crippen molar-refractivity contribution in [2.24, 2.45) is 0 Å². The quantitative estimate of drug-likeness (QED) is 0.143. The minimum absolute atomic E-state index is 0.0876. The van der Waals surface area contributed by atoms with E-state index in [4.69, 9.17) is 16.3 Å². The molecule has 0 bridgehead atoms. The summed E-state index contributed by atoms with van der Waals surface area (Å²) in [6, 6.07) is 10.6. The highest BCUT2D eigenvalue weighted by Crippen LogP contribution is 2.41. The number of ether oxygens (including phenoxy) is 1. The first-order chi connectivity index (χ1) is 31.2. The molecule has 0 fully saturated rings. The smallest absolute Gasteiger partial charge is 0.333 e. The van der Waals surface area contributed by atoms with E-state index in [0.29, 0.717) is 83.8 Å². The number of hydrogen-bond acceptors (Lipinski definition) is 12. The Morgan fingerprint density at radius 2 is 1.25 bits per heavy atom. The number of hydrogen-bond donors (Lipinski definition) is 2. The van der Waals surface area contributed by atoms with Crippen LogP contribution in [0.1, 0.15) is 51.9 Å². The summed E-state index contributed by atoms with van der Waals surface area (Å²) in [7, 11) is 1.51. The maximum absolute atomic E-state index is 13.0. The first kappa shape index (κ1) is 42.7. The summed E-state index contributed by atoms with van der Waals surface area (Å²) in [6.07, 6.45) is 10.1. The van der Waals surface area contributed by atoms with Crippen LogP contribution in [0.5, 0.6) is 5.75 Å². The van der Waals surface area contributed by atoms with Gasteiger partial charge in [-0.2, -0.15) is 38.1 Å². The standard InChI is InChI=1S/C21H18ClF2N7O.C21H20F2N8O2/c1-11(2)30-8-12-3-14(13-6-27-29(7-13)21(23)24)17(22)4-15(12)18-5-19(32)16(9-31(18)30)20-25-10-26-28-20;1-11(2)30-9-12-4-15(13-7-24-29(8-13)21(22)23)19(33-3)5-14(12)17-6-18(32)16(10-31(17)30)20-25-27-28-26-20/h3-7,9-11,21H,8H2,1-2H3,(H,25,26,28);4-8,10-11,21H,9H2,1-3H3,(H,25,26,27,28). The Labute approximate surface area is 370 Å². The summed E-state index contributed by atoms with van der Waals surface area (Å²) >= 11 is 6.55.